The van der Waals surface area contributed by atoms with Gasteiger partial charge in [-0.25, -0.2) is 9.78 Å². The fraction of sp³-hybridized carbons (Fsp3) is 0.417. The Morgan fingerprint density at radius 2 is 1.97 bits per heavy atom. The number of hydrogen-bond acceptors (Lipinski definition) is 8. The smallest absolute Gasteiger partial charge is 0.404 e. The van der Waals surface area contributed by atoms with Crippen LogP contribution in [0.1, 0.15) is 33.6 Å². The summed E-state index contributed by atoms with van der Waals surface area (Å²) in [7, 11) is 0. The SMILES string of the molecule is CC1(CNC(=O)O)CCN(c2nc(Nc3ccc4c(c3)NC(=O)C(C)(C)O4)nc3ccoc23)CC1. The summed E-state index contributed by atoms with van der Waals surface area (Å²) in [6.07, 6.45) is 2.20. The number of aromatic nitrogens is 2. The molecular formula is C24H28N6O5. The van der Waals surface area contributed by atoms with Crippen molar-refractivity contribution in [3.63, 3.8) is 0 Å². The van der Waals surface area contributed by atoms with Crippen LogP contribution in [0.15, 0.2) is 34.9 Å². The molecule has 11 heteroatoms. The van der Waals surface area contributed by atoms with Gasteiger partial charge < -0.3 is 35.1 Å². The lowest BCUT2D eigenvalue weighted by atomic mass is 9.80. The number of nitrogens with zero attached hydrogens (tertiary/aromatic N) is 3. The molecule has 35 heavy (non-hydrogen) atoms. The molecule has 1 saturated heterocycles. The third-order valence-electron chi connectivity index (χ3n) is 6.62. The van der Waals surface area contributed by atoms with Gasteiger partial charge in [0.15, 0.2) is 17.0 Å². The average molecular weight is 481 g/mol. The molecule has 2 aliphatic rings. The molecule has 184 valence electrons. The van der Waals surface area contributed by atoms with Gasteiger partial charge in [0.25, 0.3) is 5.91 Å². The van der Waals surface area contributed by atoms with E-state index in [1.807, 2.05) is 6.07 Å². The number of carboxylic acid groups (broad SMARTS) is 1. The predicted molar refractivity (Wildman–Crippen MR) is 130 cm³/mol. The Morgan fingerprint density at radius 3 is 2.71 bits per heavy atom. The van der Waals surface area contributed by atoms with Gasteiger partial charge in [0.2, 0.25) is 5.95 Å². The van der Waals surface area contributed by atoms with E-state index in [-0.39, 0.29) is 11.3 Å². The minimum absolute atomic E-state index is 0.116. The highest BCUT2D eigenvalue weighted by Crippen LogP contribution is 2.37. The van der Waals surface area contributed by atoms with E-state index in [4.69, 9.17) is 19.2 Å². The summed E-state index contributed by atoms with van der Waals surface area (Å²) < 4.78 is 11.5. The summed E-state index contributed by atoms with van der Waals surface area (Å²) in [5, 5.41) is 17.6. The first kappa shape index (κ1) is 22.8. The molecule has 0 spiro atoms. The van der Waals surface area contributed by atoms with Crippen molar-refractivity contribution in [1.82, 2.24) is 15.3 Å². The number of carbonyl (C=O) groups excluding carboxylic acids is 1. The fourth-order valence-corrected chi connectivity index (χ4v) is 4.36. The molecule has 0 saturated carbocycles. The zero-order valence-electron chi connectivity index (χ0n) is 19.8. The van der Waals surface area contributed by atoms with Crippen molar-refractivity contribution in [2.24, 2.45) is 5.41 Å². The largest absolute Gasteiger partial charge is 0.476 e. The highest BCUT2D eigenvalue weighted by atomic mass is 16.5. The van der Waals surface area contributed by atoms with Crippen molar-refractivity contribution in [2.75, 3.05) is 35.2 Å². The van der Waals surface area contributed by atoms with Crippen molar-refractivity contribution < 1.29 is 23.8 Å². The molecule has 11 nitrogen and oxygen atoms in total. The summed E-state index contributed by atoms with van der Waals surface area (Å²) in [5.74, 6) is 1.47. The van der Waals surface area contributed by atoms with Crippen LogP contribution in [0.3, 0.4) is 0 Å². The maximum absolute atomic E-state index is 12.3. The zero-order chi connectivity index (χ0) is 24.8. The normalized spacial score (nSPS) is 18.4. The molecule has 4 N–H and O–H groups in total. The third kappa shape index (κ3) is 4.53. The second-order valence-corrected chi connectivity index (χ2v) is 9.86. The van der Waals surface area contributed by atoms with Crippen molar-refractivity contribution in [1.29, 1.82) is 0 Å². The van der Waals surface area contributed by atoms with Crippen molar-refractivity contribution >= 4 is 46.2 Å². The first-order valence-electron chi connectivity index (χ1n) is 11.5. The number of rotatable bonds is 5. The molecule has 2 amide bonds. The topological polar surface area (TPSA) is 142 Å². The van der Waals surface area contributed by atoms with Gasteiger partial charge in [-0.2, -0.15) is 4.98 Å². The Bertz CT molecular complexity index is 1290. The van der Waals surface area contributed by atoms with E-state index in [2.05, 4.69) is 32.8 Å². The van der Waals surface area contributed by atoms with E-state index in [1.165, 1.54) is 0 Å². The van der Waals surface area contributed by atoms with Crippen LogP contribution < -0.4 is 25.6 Å². The third-order valence-corrected chi connectivity index (χ3v) is 6.62. The quantitative estimate of drug-likeness (QED) is 0.427. The van der Waals surface area contributed by atoms with Gasteiger partial charge in [-0.05, 0) is 50.3 Å². The molecule has 5 rings (SSSR count). The number of anilines is 4. The standard InChI is InChI=1S/C24H28N6O5/c1-23(2)20(31)27-16-12-14(4-5-17(16)35-23)26-21-28-15-6-11-34-18(15)19(29-21)30-9-7-24(3,8-10-30)13-25-22(32)33/h4-6,11-12,25H,7-10,13H2,1-3H3,(H,27,31)(H,32,33)(H,26,28,29). The Kier molecular flexibility index (Phi) is 5.42. The zero-order valence-corrected chi connectivity index (χ0v) is 19.8. The number of nitrogens with one attached hydrogen (secondary N) is 3. The number of piperidine rings is 1. The lowest BCUT2D eigenvalue weighted by Gasteiger charge is -2.39. The lowest BCUT2D eigenvalue weighted by molar-refractivity contribution is -0.129. The molecule has 0 atom stereocenters. The van der Waals surface area contributed by atoms with Gasteiger partial charge >= 0.3 is 6.09 Å². The van der Waals surface area contributed by atoms with Gasteiger partial charge in [-0.3, -0.25) is 4.79 Å². The predicted octanol–water partition coefficient (Wildman–Crippen LogP) is 3.95. The summed E-state index contributed by atoms with van der Waals surface area (Å²) in [6.45, 7) is 7.37. The lowest BCUT2D eigenvalue weighted by Crippen LogP contribution is -2.45. The Hall–Kier alpha value is -4.02. The van der Waals surface area contributed by atoms with Crippen LogP contribution in [0.25, 0.3) is 11.1 Å². The molecule has 3 aromatic rings. The van der Waals surface area contributed by atoms with Gasteiger partial charge in [0, 0.05) is 31.4 Å². The number of hydrogen-bond donors (Lipinski definition) is 4. The molecule has 0 radical (unpaired) electrons. The average Bonchev–Trinajstić information content (AvgIpc) is 3.27. The van der Waals surface area contributed by atoms with Gasteiger partial charge in [-0.1, -0.05) is 6.92 Å². The summed E-state index contributed by atoms with van der Waals surface area (Å²) in [4.78, 5) is 34.7. The molecule has 2 aromatic heterocycles. The number of amides is 2. The van der Waals surface area contributed by atoms with Gasteiger partial charge in [-0.15, -0.1) is 0 Å². The van der Waals surface area contributed by atoms with Crippen molar-refractivity contribution in [3.8, 4) is 5.75 Å². The monoisotopic (exact) mass is 480 g/mol. The van der Waals surface area contributed by atoms with E-state index in [1.54, 1.807) is 38.3 Å². The van der Waals surface area contributed by atoms with Gasteiger partial charge in [0.05, 0.1) is 12.0 Å². The maximum atomic E-state index is 12.3. The van der Waals surface area contributed by atoms with Crippen LogP contribution in [-0.4, -0.2) is 52.3 Å². The second-order valence-electron chi connectivity index (χ2n) is 9.86. The minimum Gasteiger partial charge on any atom is -0.476 e. The highest BCUT2D eigenvalue weighted by Gasteiger charge is 2.35. The molecule has 0 bridgehead atoms. The van der Waals surface area contributed by atoms with Crippen LogP contribution >= 0.6 is 0 Å². The van der Waals surface area contributed by atoms with Crippen LogP contribution in [-0.2, 0) is 4.79 Å². The molecule has 2 aliphatic heterocycles. The highest BCUT2D eigenvalue weighted by molar-refractivity contribution is 6.00. The van der Waals surface area contributed by atoms with Crippen LogP contribution in [0.5, 0.6) is 5.75 Å². The summed E-state index contributed by atoms with van der Waals surface area (Å²) >= 11 is 0. The van der Waals surface area contributed by atoms with Crippen LogP contribution in [0.4, 0.5) is 27.9 Å². The first-order valence-corrected chi connectivity index (χ1v) is 11.5. The van der Waals surface area contributed by atoms with E-state index in [0.29, 0.717) is 59.6 Å². The number of carbonyl (C=O) groups is 2. The van der Waals surface area contributed by atoms with Crippen molar-refractivity contribution in [2.45, 2.75) is 39.2 Å². The molecule has 1 fully saturated rings. The second kappa shape index (κ2) is 8.33. The number of ether oxygens (including phenoxy) is 1. The Labute approximate surface area is 201 Å². The van der Waals surface area contributed by atoms with Crippen LogP contribution in [0.2, 0.25) is 0 Å². The van der Waals surface area contributed by atoms with E-state index in [0.717, 1.165) is 12.8 Å². The van der Waals surface area contributed by atoms with Crippen molar-refractivity contribution in [3.05, 3.63) is 30.5 Å². The van der Waals surface area contributed by atoms with E-state index in [9.17, 15) is 9.59 Å². The first-order chi connectivity index (χ1) is 16.6. The molecule has 0 unspecified atom stereocenters. The summed E-state index contributed by atoms with van der Waals surface area (Å²) in [6, 6.07) is 7.22. The van der Waals surface area contributed by atoms with Gasteiger partial charge in [0.1, 0.15) is 11.3 Å². The number of fused-ring (bicyclic) bond motifs is 2. The fourth-order valence-electron chi connectivity index (χ4n) is 4.36. The number of furan rings is 1. The number of benzene rings is 1. The van der Waals surface area contributed by atoms with E-state index < -0.39 is 11.7 Å². The minimum atomic E-state index is -1.01. The Morgan fingerprint density at radius 1 is 1.20 bits per heavy atom. The molecular weight excluding hydrogens is 452 g/mol. The summed E-state index contributed by atoms with van der Waals surface area (Å²) in [5.41, 5.74) is 1.52. The Balaban J connectivity index is 1.37. The van der Waals surface area contributed by atoms with Crippen LogP contribution in [0, 0.1) is 5.41 Å². The maximum Gasteiger partial charge on any atom is 0.404 e. The molecule has 0 aliphatic carbocycles. The van der Waals surface area contributed by atoms with E-state index >= 15 is 0 Å². The molecule has 4 heterocycles. The molecule has 1 aromatic carbocycles.